The van der Waals surface area contributed by atoms with E-state index in [-0.39, 0.29) is 169 Å². The second-order valence-electron chi connectivity index (χ2n) is 17.0. The van der Waals surface area contributed by atoms with E-state index in [4.69, 9.17) is 0 Å². The smallest absolute Gasteiger partial charge is 0.371 e. The molecular weight excluding hydrogens is 2250 g/mol. The summed E-state index contributed by atoms with van der Waals surface area (Å²) in [5.74, 6) is 0. The molecule has 0 saturated carbocycles. The minimum absolute atomic E-state index is 0. The molecule has 0 bridgehead atoms. The van der Waals surface area contributed by atoms with Crippen LogP contribution >= 0.6 is 0 Å². The summed E-state index contributed by atoms with van der Waals surface area (Å²) in [6.07, 6.45) is 3.36. The van der Waals surface area contributed by atoms with E-state index in [0.717, 1.165) is 152 Å². The fourth-order valence-corrected chi connectivity index (χ4v) is 9.42. The van der Waals surface area contributed by atoms with E-state index < -0.39 is 0 Å². The number of hydrogen-bond donors (Lipinski definition) is 0. The second kappa shape index (κ2) is 31.6. The first-order valence-corrected chi connectivity index (χ1v) is 22.2. The zero-order valence-electron chi connectivity index (χ0n) is 41.5. The van der Waals surface area contributed by atoms with Crippen molar-refractivity contribution in [2.45, 2.75) is 59.8 Å². The molecule has 0 saturated heterocycles. The van der Waals surface area contributed by atoms with Crippen LogP contribution < -0.4 is 0 Å². The summed E-state index contributed by atoms with van der Waals surface area (Å²) < 4.78 is 0. The molecule has 0 aliphatic heterocycles. The molecule has 0 amide bonds. The van der Waals surface area contributed by atoms with Crippen LogP contribution in [0.25, 0.3) is 44.5 Å². The maximum Gasteiger partial charge on any atom is 2.00 e. The predicted molar refractivity (Wildman–Crippen MR) is 271 cm³/mol. The first kappa shape index (κ1) is 71.2. The first-order valence-electron chi connectivity index (χ1n) is 22.2. The van der Waals surface area contributed by atoms with Crippen LogP contribution in [-0.2, 0) is 201 Å². The average molecular weight is 2300 g/mol. The van der Waals surface area contributed by atoms with E-state index >= 15 is 0 Å². The summed E-state index contributed by atoms with van der Waals surface area (Å²) in [6.45, 7) is 44.5. The van der Waals surface area contributed by atoms with Crippen LogP contribution in [-0.4, -0.2) is 0 Å². The molecule has 0 fully saturated rings. The Labute approximate surface area is 554 Å². The van der Waals surface area contributed by atoms with Gasteiger partial charge in [0.15, 0.2) is 0 Å². The van der Waals surface area contributed by atoms with Gasteiger partial charge in [-0.25, -0.2) is 92.5 Å². The van der Waals surface area contributed by atoms with Crippen molar-refractivity contribution in [3.63, 3.8) is 0 Å². The van der Waals surface area contributed by atoms with Gasteiger partial charge in [-0.15, -0.1) is 31.2 Å². The number of rotatable bonds is 12. The van der Waals surface area contributed by atoms with Crippen LogP contribution in [0.1, 0.15) is 114 Å². The zero-order valence-corrected chi connectivity index (χ0v) is 65.0. The second-order valence-corrected chi connectivity index (χ2v) is 17.0. The van der Waals surface area contributed by atoms with Gasteiger partial charge in [-0.05, 0) is 0 Å². The van der Waals surface area contributed by atoms with Gasteiger partial charge >= 0.3 is 169 Å². The van der Waals surface area contributed by atoms with Crippen LogP contribution in [0.4, 0.5) is 0 Å². The van der Waals surface area contributed by atoms with E-state index in [0.29, 0.717) is 19.3 Å². The van der Waals surface area contributed by atoms with Crippen LogP contribution in [0.3, 0.4) is 0 Å². The Hall–Kier alpha value is -1.77. The van der Waals surface area contributed by atoms with Crippen LogP contribution in [0, 0.1) is 118 Å². The molecule has 360 valence electrons. The molecule has 8 rings (SSSR count). The van der Waals surface area contributed by atoms with Crippen LogP contribution in [0.15, 0.2) is 84.9 Å². The van der Waals surface area contributed by atoms with Gasteiger partial charge in [0.1, 0.15) is 0 Å². The quantitative estimate of drug-likeness (QED) is 0.107. The van der Waals surface area contributed by atoms with E-state index in [2.05, 4.69) is 180 Å². The van der Waals surface area contributed by atoms with Crippen molar-refractivity contribution < 1.29 is 169 Å². The molecule has 0 aliphatic rings. The van der Waals surface area contributed by atoms with Crippen molar-refractivity contribution in [2.75, 3.05) is 0 Å². The molecule has 0 aromatic heterocycles. The molecule has 8 aromatic carbocycles. The van der Waals surface area contributed by atoms with Crippen LogP contribution in [0.5, 0.6) is 0 Å². The van der Waals surface area contributed by atoms with Gasteiger partial charge in [-0.3, -0.25) is 96.5 Å². The first-order chi connectivity index (χ1) is 31.3. The van der Waals surface area contributed by atoms with E-state index in [1.165, 1.54) is 5.56 Å². The van der Waals surface area contributed by atoms with Gasteiger partial charge in [0, 0.05) is 0 Å². The number of benzene rings is 8. The normalized spacial score (nSPS) is 10.0. The zero-order chi connectivity index (χ0) is 46.1. The number of hydrogen-bond acceptors (Lipinski definition) is 0. The third-order valence-corrected chi connectivity index (χ3v) is 13.0. The van der Waals surface area contributed by atoms with Crippen molar-refractivity contribution in [2.24, 2.45) is 0 Å². The van der Waals surface area contributed by atoms with Gasteiger partial charge in [-0.2, -0.15) is 65.3 Å². The van der Waals surface area contributed by atoms with Crippen molar-refractivity contribution in [3.05, 3.63) is 289 Å². The summed E-state index contributed by atoms with van der Waals surface area (Å²) in [5, 5.41) is 0. The molecular formula is C65H52W8. The molecule has 0 N–H and O–H groups in total. The van der Waals surface area contributed by atoms with E-state index in [1.54, 1.807) is 0 Å². The van der Waals surface area contributed by atoms with Gasteiger partial charge in [0.25, 0.3) is 0 Å². The fourth-order valence-electron chi connectivity index (χ4n) is 9.42. The molecule has 8 aromatic rings. The van der Waals surface area contributed by atoms with Crippen molar-refractivity contribution >= 4 is 0 Å². The minimum Gasteiger partial charge on any atom is -0.371 e. The monoisotopic (exact) mass is 2300 g/mol. The Balaban J connectivity index is 0.00000648. The Bertz CT molecular complexity index is 3110. The van der Waals surface area contributed by atoms with Crippen LogP contribution in [0.2, 0.25) is 0 Å². The Morgan fingerprint density at radius 2 is 0.603 bits per heavy atom. The summed E-state index contributed by atoms with van der Waals surface area (Å²) in [6, 6.07) is 56.5. The predicted octanol–water partition coefficient (Wildman–Crippen LogP) is 14.7. The largest absolute Gasteiger partial charge is 2.00 e. The van der Waals surface area contributed by atoms with Gasteiger partial charge in [0.2, 0.25) is 0 Å². The van der Waals surface area contributed by atoms with E-state index in [1.807, 2.05) is 36.4 Å². The summed E-state index contributed by atoms with van der Waals surface area (Å²) in [5.41, 5.74) is 26.5. The third kappa shape index (κ3) is 15.3. The van der Waals surface area contributed by atoms with Crippen molar-refractivity contribution in [1.29, 1.82) is 0 Å². The average Bonchev–Trinajstić information content (AvgIpc) is 3.28. The van der Waals surface area contributed by atoms with Gasteiger partial charge < -0.3 is 74.2 Å². The maximum atomic E-state index is 4.67. The standard InChI is InChI=1S/C65H52.8W/c1-13-50-35-48(11)63(65(36-50)57-32-20-26-46(9)62(57)38-61-45(8)25-19-31-56(61)64-34-40(3)33-47(10)51(64)14-2)39-60-44(7)24-18-30-55(60)54-29-17-23-43(6)59(54)37-58-42(5)22-16-28-53(58)52-27-15-21-41(4)49(52)12;;;;;;;;/h15-20,27-32,34,36H,4-11,13-14,37-39H2,1-3,12H3;;;;;;;;/q-16;8*+2. The SMILES string of the molecule is [CH2-]c1[c-]ccc(-c2cc[c-]c([CH2-])c2Cc2c([CH2-])[c-]ccc2-c2cc[c-]c([CH2-])c2Cc2c([CH2-])[c-]c(CC)cc2-c2cc[c-]c([CH2-])c2Cc2c([CH2-])[c-]ccc2-c2cc(C)[c-]c([CH2-])c2CC)c1C.[W+2].[W+2].[W+2].[W+2].[W+2].[W+2].[W+2].[W+2]. The molecule has 0 aliphatic carbocycles. The molecule has 0 spiro atoms. The summed E-state index contributed by atoms with van der Waals surface area (Å²) >= 11 is 0. The van der Waals surface area contributed by atoms with Crippen molar-refractivity contribution in [3.8, 4) is 44.5 Å². The summed E-state index contributed by atoms with van der Waals surface area (Å²) in [4.78, 5) is 0. The molecule has 0 nitrogen and oxygen atoms in total. The third-order valence-electron chi connectivity index (χ3n) is 13.0. The van der Waals surface area contributed by atoms with Gasteiger partial charge in [-0.1, -0.05) is 33.6 Å². The molecule has 0 heterocycles. The Morgan fingerprint density at radius 3 is 0.959 bits per heavy atom. The van der Waals surface area contributed by atoms with Gasteiger partial charge in [0.05, 0.1) is 0 Å². The maximum absolute atomic E-state index is 4.67. The molecule has 8 heteroatoms. The summed E-state index contributed by atoms with van der Waals surface area (Å²) in [7, 11) is 0. The topological polar surface area (TPSA) is 0 Å². The van der Waals surface area contributed by atoms with E-state index in [9.17, 15) is 0 Å². The molecule has 73 heavy (non-hydrogen) atoms. The van der Waals surface area contributed by atoms with Crippen molar-refractivity contribution in [1.82, 2.24) is 0 Å². The molecule has 0 unspecified atom stereocenters. The Kier molecular flexibility index (Phi) is 30.8. The minimum atomic E-state index is 0. The molecule has 0 atom stereocenters. The molecule has 0 radical (unpaired) electrons. The fraction of sp³-hybridized carbons (Fsp3) is 0.138. The Morgan fingerprint density at radius 1 is 0.315 bits per heavy atom. The number of aryl methyl sites for hydroxylation is 2.